The normalized spacial score (nSPS) is 15.1. The van der Waals surface area contributed by atoms with Crippen LogP contribution in [-0.2, 0) is 0 Å². The minimum Gasteiger partial charge on any atom is -0.395 e. The number of aliphatic hydroxyl groups excluding tert-OH is 1. The van der Waals surface area contributed by atoms with Gasteiger partial charge in [-0.1, -0.05) is 24.3 Å². The van der Waals surface area contributed by atoms with Gasteiger partial charge in [0, 0.05) is 18.6 Å². The molecule has 0 fully saturated rings. The molecule has 0 spiro atoms. The zero-order chi connectivity index (χ0) is 12.1. The highest BCUT2D eigenvalue weighted by atomic mass is 16.3. The number of aryl methyl sites for hydroxylation is 1. The minimum absolute atomic E-state index is 0.119. The van der Waals surface area contributed by atoms with Gasteiger partial charge in [0.1, 0.15) is 0 Å². The van der Waals surface area contributed by atoms with Crippen LogP contribution in [0, 0.1) is 6.92 Å². The molecule has 16 heavy (non-hydrogen) atoms. The molecule has 0 aliphatic carbocycles. The number of hydrogen-bond acceptors (Lipinski definition) is 3. The Labute approximate surface area is 97.9 Å². The van der Waals surface area contributed by atoms with Crippen LogP contribution >= 0.6 is 0 Å². The third kappa shape index (κ3) is 2.82. The van der Waals surface area contributed by atoms with Gasteiger partial charge in [0.2, 0.25) is 0 Å². The Morgan fingerprint density at radius 1 is 1.38 bits per heavy atom. The van der Waals surface area contributed by atoms with E-state index in [2.05, 4.69) is 24.0 Å². The minimum atomic E-state index is 0.119. The number of rotatable bonds is 5. The maximum absolute atomic E-state index is 9.18. The van der Waals surface area contributed by atoms with Crippen molar-refractivity contribution in [2.24, 2.45) is 5.73 Å². The third-order valence-electron chi connectivity index (χ3n) is 3.22. The van der Waals surface area contributed by atoms with Crippen LogP contribution in [0.3, 0.4) is 0 Å². The van der Waals surface area contributed by atoms with Gasteiger partial charge in [-0.15, -0.1) is 0 Å². The second kappa shape index (κ2) is 5.99. The summed E-state index contributed by atoms with van der Waals surface area (Å²) in [5, 5.41) is 9.18. The van der Waals surface area contributed by atoms with Crippen molar-refractivity contribution in [3.05, 3.63) is 35.4 Å². The first-order chi connectivity index (χ1) is 7.61. The molecule has 3 nitrogen and oxygen atoms in total. The highest BCUT2D eigenvalue weighted by Gasteiger charge is 2.20. The Morgan fingerprint density at radius 2 is 2.00 bits per heavy atom. The van der Waals surface area contributed by atoms with Crippen molar-refractivity contribution in [1.29, 1.82) is 0 Å². The zero-order valence-corrected chi connectivity index (χ0v) is 10.4. The molecule has 0 aromatic heterocycles. The Morgan fingerprint density at radius 3 is 2.50 bits per heavy atom. The van der Waals surface area contributed by atoms with Crippen LogP contribution in [0.5, 0.6) is 0 Å². The average Bonchev–Trinajstić information content (AvgIpc) is 2.31. The molecule has 1 rings (SSSR count). The molecule has 1 aromatic carbocycles. The van der Waals surface area contributed by atoms with Crippen LogP contribution in [0.25, 0.3) is 0 Å². The van der Waals surface area contributed by atoms with Crippen LogP contribution in [0.4, 0.5) is 0 Å². The Kier molecular flexibility index (Phi) is 4.93. The lowest BCUT2D eigenvalue weighted by molar-refractivity contribution is 0.122. The summed E-state index contributed by atoms with van der Waals surface area (Å²) < 4.78 is 0. The number of nitrogens with zero attached hydrogens (tertiary/aromatic N) is 1. The molecular formula is C13H22N2O. The number of aliphatic hydroxyl groups is 1. The van der Waals surface area contributed by atoms with E-state index in [0.29, 0.717) is 6.54 Å². The predicted octanol–water partition coefficient (Wildman–Crippen LogP) is 1.31. The van der Waals surface area contributed by atoms with Crippen LogP contribution in [-0.4, -0.2) is 36.2 Å². The first-order valence-corrected chi connectivity index (χ1v) is 5.70. The van der Waals surface area contributed by atoms with E-state index in [0.717, 1.165) is 0 Å². The average molecular weight is 222 g/mol. The van der Waals surface area contributed by atoms with E-state index in [4.69, 9.17) is 5.73 Å². The van der Waals surface area contributed by atoms with Crippen molar-refractivity contribution in [2.45, 2.75) is 25.9 Å². The molecule has 2 atom stereocenters. The monoisotopic (exact) mass is 222 g/mol. The van der Waals surface area contributed by atoms with Gasteiger partial charge in [-0.25, -0.2) is 0 Å². The molecule has 0 radical (unpaired) electrons. The van der Waals surface area contributed by atoms with Gasteiger partial charge in [-0.3, -0.25) is 4.90 Å². The van der Waals surface area contributed by atoms with E-state index in [9.17, 15) is 5.11 Å². The van der Waals surface area contributed by atoms with Gasteiger partial charge in [0.05, 0.1) is 6.61 Å². The first kappa shape index (κ1) is 13.2. The second-order valence-electron chi connectivity index (χ2n) is 4.31. The summed E-state index contributed by atoms with van der Waals surface area (Å²) in [6, 6.07) is 8.55. The summed E-state index contributed by atoms with van der Waals surface area (Å²) in [6.45, 7) is 4.81. The van der Waals surface area contributed by atoms with Gasteiger partial charge >= 0.3 is 0 Å². The fourth-order valence-electron chi connectivity index (χ4n) is 1.91. The van der Waals surface area contributed by atoms with Crippen molar-refractivity contribution in [2.75, 3.05) is 20.2 Å². The van der Waals surface area contributed by atoms with Crippen molar-refractivity contribution in [3.63, 3.8) is 0 Å². The lowest BCUT2D eigenvalue weighted by Gasteiger charge is -2.32. The molecule has 1 aromatic rings. The number of hydrogen-bond donors (Lipinski definition) is 2. The topological polar surface area (TPSA) is 49.5 Å². The molecule has 0 saturated heterocycles. The van der Waals surface area contributed by atoms with Gasteiger partial charge in [0.15, 0.2) is 0 Å². The van der Waals surface area contributed by atoms with Gasteiger partial charge < -0.3 is 10.8 Å². The lowest BCUT2D eigenvalue weighted by Crippen LogP contribution is -2.39. The van der Waals surface area contributed by atoms with E-state index in [-0.39, 0.29) is 18.7 Å². The maximum atomic E-state index is 9.18. The summed E-state index contributed by atoms with van der Waals surface area (Å²) in [7, 11) is 2.00. The fourth-order valence-corrected chi connectivity index (χ4v) is 1.91. The van der Waals surface area contributed by atoms with E-state index >= 15 is 0 Å². The summed E-state index contributed by atoms with van der Waals surface area (Å²) in [6.07, 6.45) is 0. The van der Waals surface area contributed by atoms with Crippen molar-refractivity contribution in [3.8, 4) is 0 Å². The summed E-state index contributed by atoms with van der Waals surface area (Å²) in [4.78, 5) is 2.13. The first-order valence-electron chi connectivity index (χ1n) is 5.70. The molecule has 0 bridgehead atoms. The van der Waals surface area contributed by atoms with Gasteiger partial charge in [-0.05, 0) is 32.0 Å². The summed E-state index contributed by atoms with van der Waals surface area (Å²) in [5.74, 6) is 0. The summed E-state index contributed by atoms with van der Waals surface area (Å²) >= 11 is 0. The molecule has 0 aliphatic rings. The molecule has 0 saturated carbocycles. The van der Waals surface area contributed by atoms with E-state index in [1.54, 1.807) is 0 Å². The predicted molar refractivity (Wildman–Crippen MR) is 67.3 cm³/mol. The molecule has 3 N–H and O–H groups in total. The second-order valence-corrected chi connectivity index (χ2v) is 4.31. The highest BCUT2D eigenvalue weighted by molar-refractivity contribution is 5.29. The molecule has 0 aliphatic heterocycles. The van der Waals surface area contributed by atoms with Gasteiger partial charge in [0.25, 0.3) is 0 Å². The van der Waals surface area contributed by atoms with Crippen LogP contribution in [0.2, 0.25) is 0 Å². The molecule has 0 amide bonds. The standard InChI is InChI=1S/C13H22N2O/c1-10-6-4-5-7-12(10)13(8-14)15(3)11(2)9-16/h4-7,11,13,16H,8-9,14H2,1-3H3. The Balaban J connectivity index is 2.94. The van der Waals surface area contributed by atoms with Crippen molar-refractivity contribution < 1.29 is 5.11 Å². The zero-order valence-electron chi connectivity index (χ0n) is 10.4. The molecule has 2 unspecified atom stereocenters. The van der Waals surface area contributed by atoms with E-state index in [1.807, 2.05) is 26.1 Å². The van der Waals surface area contributed by atoms with Crippen LogP contribution < -0.4 is 5.73 Å². The highest BCUT2D eigenvalue weighted by Crippen LogP contribution is 2.23. The number of likely N-dealkylation sites (N-methyl/N-ethyl adjacent to an activating group) is 1. The smallest absolute Gasteiger partial charge is 0.0584 e. The third-order valence-corrected chi connectivity index (χ3v) is 3.22. The van der Waals surface area contributed by atoms with E-state index in [1.165, 1.54) is 11.1 Å². The fraction of sp³-hybridized carbons (Fsp3) is 0.538. The largest absolute Gasteiger partial charge is 0.395 e. The number of benzene rings is 1. The van der Waals surface area contributed by atoms with Gasteiger partial charge in [-0.2, -0.15) is 0 Å². The summed E-state index contributed by atoms with van der Waals surface area (Å²) in [5.41, 5.74) is 8.33. The molecular weight excluding hydrogens is 200 g/mol. The Bertz CT molecular complexity index is 327. The number of nitrogens with two attached hydrogens (primary N) is 1. The maximum Gasteiger partial charge on any atom is 0.0584 e. The molecule has 3 heteroatoms. The van der Waals surface area contributed by atoms with Crippen molar-refractivity contribution >= 4 is 0 Å². The Hall–Kier alpha value is -0.900. The van der Waals surface area contributed by atoms with E-state index < -0.39 is 0 Å². The molecule has 0 heterocycles. The lowest BCUT2D eigenvalue weighted by atomic mass is 9.99. The quantitative estimate of drug-likeness (QED) is 0.789. The molecule has 90 valence electrons. The van der Waals surface area contributed by atoms with Crippen LogP contribution in [0.1, 0.15) is 24.1 Å². The SMILES string of the molecule is Cc1ccccc1C(CN)N(C)C(C)CO. The van der Waals surface area contributed by atoms with Crippen LogP contribution in [0.15, 0.2) is 24.3 Å². The van der Waals surface area contributed by atoms with Crippen molar-refractivity contribution in [1.82, 2.24) is 4.90 Å².